The Labute approximate surface area is 115 Å². The van der Waals surface area contributed by atoms with Crippen LogP contribution in [0.2, 0.25) is 0 Å². The van der Waals surface area contributed by atoms with Crippen molar-refractivity contribution in [2.45, 2.75) is 32.7 Å². The van der Waals surface area contributed by atoms with Crippen molar-refractivity contribution in [2.24, 2.45) is 0 Å². The van der Waals surface area contributed by atoms with E-state index in [4.69, 9.17) is 0 Å². The maximum Gasteiger partial charge on any atom is 0.0326 e. The molecule has 1 nitrogen and oxygen atoms in total. The zero-order chi connectivity index (χ0) is 13.2. The lowest BCUT2D eigenvalue weighted by Crippen LogP contribution is -2.18. The maximum absolute atomic E-state index is 3.59. The van der Waals surface area contributed by atoms with Gasteiger partial charge in [-0.3, -0.25) is 0 Å². The summed E-state index contributed by atoms with van der Waals surface area (Å²) in [4.78, 5) is 0. The van der Waals surface area contributed by atoms with Crippen LogP contribution in [0.5, 0.6) is 0 Å². The molecule has 0 heterocycles. The van der Waals surface area contributed by atoms with Gasteiger partial charge in [0.1, 0.15) is 0 Å². The van der Waals surface area contributed by atoms with Crippen LogP contribution in [0.3, 0.4) is 0 Å². The second kappa shape index (κ2) is 5.18. The molecule has 0 radical (unpaired) electrons. The second-order valence-corrected chi connectivity index (χ2v) is 5.39. The highest BCUT2D eigenvalue weighted by Crippen LogP contribution is 2.37. The lowest BCUT2D eigenvalue weighted by Gasteiger charge is -2.14. The van der Waals surface area contributed by atoms with Crippen LogP contribution in [-0.2, 0) is 6.42 Å². The summed E-state index contributed by atoms with van der Waals surface area (Å²) in [6.45, 7) is 5.36. The molecule has 0 bridgehead atoms. The SMILES string of the molecule is CCNC1CCc2c(-c3ccc(C)cc3)cccc21. The van der Waals surface area contributed by atoms with Gasteiger partial charge in [-0.2, -0.15) is 0 Å². The zero-order valence-corrected chi connectivity index (χ0v) is 11.7. The first kappa shape index (κ1) is 12.4. The average Bonchev–Trinajstić information content (AvgIpc) is 2.84. The normalized spacial score (nSPS) is 17.5. The summed E-state index contributed by atoms with van der Waals surface area (Å²) in [5.74, 6) is 0. The van der Waals surface area contributed by atoms with E-state index in [2.05, 4.69) is 61.6 Å². The van der Waals surface area contributed by atoms with Crippen LogP contribution in [0, 0.1) is 6.92 Å². The van der Waals surface area contributed by atoms with Gasteiger partial charge < -0.3 is 5.32 Å². The minimum atomic E-state index is 0.547. The molecular weight excluding hydrogens is 230 g/mol. The molecule has 0 saturated heterocycles. The van der Waals surface area contributed by atoms with Crippen LogP contribution in [0.15, 0.2) is 42.5 Å². The van der Waals surface area contributed by atoms with E-state index < -0.39 is 0 Å². The van der Waals surface area contributed by atoms with Crippen LogP contribution >= 0.6 is 0 Å². The summed E-state index contributed by atoms with van der Waals surface area (Å²) in [5, 5.41) is 3.59. The summed E-state index contributed by atoms with van der Waals surface area (Å²) < 4.78 is 0. The highest BCUT2D eigenvalue weighted by Gasteiger charge is 2.23. The Morgan fingerprint density at radius 2 is 1.89 bits per heavy atom. The van der Waals surface area contributed by atoms with Crippen molar-refractivity contribution in [2.75, 3.05) is 6.54 Å². The highest BCUT2D eigenvalue weighted by atomic mass is 14.9. The minimum absolute atomic E-state index is 0.547. The number of hydrogen-bond donors (Lipinski definition) is 1. The molecule has 1 aliphatic rings. The number of benzene rings is 2. The van der Waals surface area contributed by atoms with E-state index in [1.54, 1.807) is 0 Å². The van der Waals surface area contributed by atoms with Gasteiger partial charge in [-0.05, 0) is 48.6 Å². The molecular formula is C18H21N. The first-order valence-corrected chi connectivity index (χ1v) is 7.22. The summed E-state index contributed by atoms with van der Waals surface area (Å²) >= 11 is 0. The monoisotopic (exact) mass is 251 g/mol. The molecule has 1 atom stereocenters. The summed E-state index contributed by atoms with van der Waals surface area (Å²) in [6.07, 6.45) is 2.42. The van der Waals surface area contributed by atoms with Crippen LogP contribution in [0.25, 0.3) is 11.1 Å². The number of aryl methyl sites for hydroxylation is 1. The van der Waals surface area contributed by atoms with Gasteiger partial charge in [-0.25, -0.2) is 0 Å². The van der Waals surface area contributed by atoms with Gasteiger partial charge in [0, 0.05) is 6.04 Å². The van der Waals surface area contributed by atoms with Crippen LogP contribution in [0.4, 0.5) is 0 Å². The van der Waals surface area contributed by atoms with E-state index in [1.807, 2.05) is 0 Å². The molecule has 2 aromatic carbocycles. The Kier molecular flexibility index (Phi) is 3.39. The third kappa shape index (κ3) is 2.31. The molecule has 0 amide bonds. The zero-order valence-electron chi connectivity index (χ0n) is 11.7. The van der Waals surface area contributed by atoms with Gasteiger partial charge in [0.15, 0.2) is 0 Å². The fraction of sp³-hybridized carbons (Fsp3) is 0.333. The smallest absolute Gasteiger partial charge is 0.0326 e. The molecule has 0 saturated carbocycles. The van der Waals surface area contributed by atoms with Crippen molar-refractivity contribution in [3.8, 4) is 11.1 Å². The molecule has 1 heteroatoms. The highest BCUT2D eigenvalue weighted by molar-refractivity contribution is 5.70. The van der Waals surface area contributed by atoms with E-state index in [-0.39, 0.29) is 0 Å². The van der Waals surface area contributed by atoms with E-state index in [1.165, 1.54) is 40.7 Å². The molecule has 0 aliphatic heterocycles. The predicted molar refractivity (Wildman–Crippen MR) is 81.4 cm³/mol. The second-order valence-electron chi connectivity index (χ2n) is 5.39. The average molecular weight is 251 g/mol. The van der Waals surface area contributed by atoms with Crippen molar-refractivity contribution in [1.82, 2.24) is 5.32 Å². The largest absolute Gasteiger partial charge is 0.310 e. The lowest BCUT2D eigenvalue weighted by molar-refractivity contribution is 0.549. The van der Waals surface area contributed by atoms with Crippen molar-refractivity contribution < 1.29 is 0 Å². The Morgan fingerprint density at radius 3 is 2.63 bits per heavy atom. The van der Waals surface area contributed by atoms with E-state index >= 15 is 0 Å². The lowest BCUT2D eigenvalue weighted by atomic mass is 9.96. The third-order valence-electron chi connectivity index (χ3n) is 4.08. The van der Waals surface area contributed by atoms with Gasteiger partial charge in [0.05, 0.1) is 0 Å². The number of rotatable bonds is 3. The molecule has 0 fully saturated rings. The molecule has 0 spiro atoms. The molecule has 19 heavy (non-hydrogen) atoms. The maximum atomic E-state index is 3.59. The first-order chi connectivity index (χ1) is 9.29. The van der Waals surface area contributed by atoms with E-state index in [0.29, 0.717) is 6.04 Å². The Balaban J connectivity index is 2.02. The van der Waals surface area contributed by atoms with Gasteiger partial charge in [0.25, 0.3) is 0 Å². The van der Waals surface area contributed by atoms with Gasteiger partial charge in [0.2, 0.25) is 0 Å². The topological polar surface area (TPSA) is 12.0 Å². The van der Waals surface area contributed by atoms with Crippen LogP contribution in [0.1, 0.15) is 36.1 Å². The van der Waals surface area contributed by atoms with Crippen molar-refractivity contribution in [3.63, 3.8) is 0 Å². The Morgan fingerprint density at radius 1 is 1.11 bits per heavy atom. The Bertz CT molecular complexity index is 569. The molecule has 0 aromatic heterocycles. The summed E-state index contributed by atoms with van der Waals surface area (Å²) in [7, 11) is 0. The van der Waals surface area contributed by atoms with Gasteiger partial charge >= 0.3 is 0 Å². The molecule has 2 aromatic rings. The Hall–Kier alpha value is -1.60. The quantitative estimate of drug-likeness (QED) is 0.859. The van der Waals surface area contributed by atoms with Gasteiger partial charge in [-0.1, -0.05) is 55.0 Å². The van der Waals surface area contributed by atoms with Crippen molar-refractivity contribution >= 4 is 0 Å². The minimum Gasteiger partial charge on any atom is -0.310 e. The fourth-order valence-corrected chi connectivity index (χ4v) is 3.12. The first-order valence-electron chi connectivity index (χ1n) is 7.22. The standard InChI is InChI=1S/C18H21N/c1-3-19-18-12-11-16-15(5-4-6-17(16)18)14-9-7-13(2)8-10-14/h4-10,18-19H,3,11-12H2,1-2H3. The van der Waals surface area contributed by atoms with E-state index in [0.717, 1.165) is 6.54 Å². The van der Waals surface area contributed by atoms with Crippen molar-refractivity contribution in [1.29, 1.82) is 0 Å². The number of fused-ring (bicyclic) bond motifs is 1. The van der Waals surface area contributed by atoms with E-state index in [9.17, 15) is 0 Å². The molecule has 1 unspecified atom stereocenters. The molecule has 98 valence electrons. The molecule has 3 rings (SSSR count). The van der Waals surface area contributed by atoms with Gasteiger partial charge in [-0.15, -0.1) is 0 Å². The fourth-order valence-electron chi connectivity index (χ4n) is 3.12. The number of nitrogens with one attached hydrogen (secondary N) is 1. The predicted octanol–water partition coefficient (Wildman–Crippen LogP) is 4.26. The van der Waals surface area contributed by atoms with Crippen LogP contribution in [-0.4, -0.2) is 6.54 Å². The third-order valence-corrected chi connectivity index (χ3v) is 4.08. The summed E-state index contributed by atoms with van der Waals surface area (Å²) in [6, 6.07) is 16.2. The molecule has 1 aliphatic carbocycles. The van der Waals surface area contributed by atoms with Crippen molar-refractivity contribution in [3.05, 3.63) is 59.2 Å². The number of hydrogen-bond acceptors (Lipinski definition) is 1. The van der Waals surface area contributed by atoms with Crippen LogP contribution < -0.4 is 5.32 Å². The molecule has 1 N–H and O–H groups in total. The summed E-state index contributed by atoms with van der Waals surface area (Å²) in [5.41, 5.74) is 7.12.